The SMILES string of the molecule is CC(C)(C)CC(=O)N1CCN(c2noc(-c3ccccc3Cl)n2)CC1. The Balaban J connectivity index is 1.63. The van der Waals surface area contributed by atoms with E-state index in [1.165, 1.54) is 0 Å². The van der Waals surface area contributed by atoms with Gasteiger partial charge in [0.2, 0.25) is 5.91 Å². The maximum absolute atomic E-state index is 12.3. The fourth-order valence-electron chi connectivity index (χ4n) is 2.81. The van der Waals surface area contributed by atoms with Gasteiger partial charge >= 0.3 is 0 Å². The Morgan fingerprint density at radius 3 is 2.52 bits per heavy atom. The topological polar surface area (TPSA) is 62.5 Å². The lowest BCUT2D eigenvalue weighted by Gasteiger charge is -2.35. The lowest BCUT2D eigenvalue weighted by atomic mass is 9.91. The van der Waals surface area contributed by atoms with Crippen LogP contribution >= 0.6 is 11.6 Å². The molecule has 1 aromatic carbocycles. The zero-order valence-corrected chi connectivity index (χ0v) is 15.6. The minimum atomic E-state index is 0.00569. The molecule has 1 aliphatic heterocycles. The summed E-state index contributed by atoms with van der Waals surface area (Å²) in [6.07, 6.45) is 0.561. The predicted octanol–water partition coefficient (Wildman–Crippen LogP) is 3.47. The lowest BCUT2D eigenvalue weighted by molar-refractivity contribution is -0.133. The number of carbonyl (C=O) groups excluding carboxylic acids is 1. The molecule has 0 unspecified atom stereocenters. The third-order valence-electron chi connectivity index (χ3n) is 4.12. The summed E-state index contributed by atoms with van der Waals surface area (Å²) in [4.78, 5) is 20.7. The van der Waals surface area contributed by atoms with E-state index >= 15 is 0 Å². The van der Waals surface area contributed by atoms with Crippen molar-refractivity contribution >= 4 is 23.5 Å². The van der Waals surface area contributed by atoms with E-state index in [4.69, 9.17) is 16.1 Å². The van der Waals surface area contributed by atoms with Crippen molar-refractivity contribution in [2.75, 3.05) is 31.1 Å². The van der Waals surface area contributed by atoms with Crippen LogP contribution in [0.1, 0.15) is 27.2 Å². The first-order valence-electron chi connectivity index (χ1n) is 8.45. The molecule has 0 aliphatic carbocycles. The number of amides is 1. The smallest absolute Gasteiger partial charge is 0.266 e. The van der Waals surface area contributed by atoms with Gasteiger partial charge in [-0.2, -0.15) is 4.98 Å². The maximum Gasteiger partial charge on any atom is 0.266 e. The zero-order chi connectivity index (χ0) is 18.0. The Hall–Kier alpha value is -2.08. The van der Waals surface area contributed by atoms with Gasteiger partial charge in [0.05, 0.1) is 10.6 Å². The van der Waals surface area contributed by atoms with Crippen molar-refractivity contribution in [3.63, 3.8) is 0 Å². The summed E-state index contributed by atoms with van der Waals surface area (Å²) >= 11 is 6.17. The van der Waals surface area contributed by atoms with Crippen molar-refractivity contribution < 1.29 is 9.32 Å². The quantitative estimate of drug-likeness (QED) is 0.836. The highest BCUT2D eigenvalue weighted by atomic mass is 35.5. The van der Waals surface area contributed by atoms with Gasteiger partial charge in [-0.25, -0.2) is 0 Å². The summed E-state index contributed by atoms with van der Waals surface area (Å²) in [5, 5.41) is 4.64. The third-order valence-corrected chi connectivity index (χ3v) is 4.45. The van der Waals surface area contributed by atoms with Gasteiger partial charge in [-0.3, -0.25) is 4.79 Å². The minimum Gasteiger partial charge on any atom is -0.339 e. The summed E-state index contributed by atoms with van der Waals surface area (Å²) in [6.45, 7) is 8.97. The summed E-state index contributed by atoms with van der Waals surface area (Å²) in [7, 11) is 0. The summed E-state index contributed by atoms with van der Waals surface area (Å²) in [5.74, 6) is 1.15. The first-order valence-corrected chi connectivity index (χ1v) is 8.83. The number of piperazine rings is 1. The van der Waals surface area contributed by atoms with Crippen LogP contribution in [0.5, 0.6) is 0 Å². The predicted molar refractivity (Wildman–Crippen MR) is 97.6 cm³/mol. The molecular formula is C18H23ClN4O2. The number of halogens is 1. The van der Waals surface area contributed by atoms with Gasteiger partial charge in [-0.1, -0.05) is 44.5 Å². The molecule has 25 heavy (non-hydrogen) atoms. The molecule has 0 spiro atoms. The van der Waals surface area contributed by atoms with Gasteiger partial charge in [0, 0.05) is 32.6 Å². The van der Waals surface area contributed by atoms with E-state index in [0.717, 1.165) is 5.56 Å². The number of rotatable bonds is 3. The van der Waals surface area contributed by atoms with E-state index in [1.807, 2.05) is 28.0 Å². The summed E-state index contributed by atoms with van der Waals surface area (Å²) in [6, 6.07) is 7.38. The number of nitrogens with zero attached hydrogens (tertiary/aromatic N) is 4. The average Bonchev–Trinajstić information content (AvgIpc) is 3.03. The lowest BCUT2D eigenvalue weighted by Crippen LogP contribution is -2.49. The van der Waals surface area contributed by atoms with Crippen molar-refractivity contribution in [1.82, 2.24) is 15.0 Å². The van der Waals surface area contributed by atoms with E-state index in [9.17, 15) is 4.79 Å². The first-order chi connectivity index (χ1) is 11.8. The standard InChI is InChI=1S/C18H23ClN4O2/c1-18(2,3)12-15(24)22-8-10-23(11-9-22)17-20-16(25-21-17)13-6-4-5-7-14(13)19/h4-7H,8-12H2,1-3H3. The zero-order valence-electron chi connectivity index (χ0n) is 14.8. The Bertz CT molecular complexity index is 746. The van der Waals surface area contributed by atoms with E-state index in [1.54, 1.807) is 6.07 Å². The van der Waals surface area contributed by atoms with Gasteiger partial charge in [0.25, 0.3) is 11.8 Å². The molecule has 1 amide bonds. The van der Waals surface area contributed by atoms with Crippen molar-refractivity contribution in [2.45, 2.75) is 27.2 Å². The molecule has 7 heteroatoms. The molecule has 1 aliphatic rings. The van der Waals surface area contributed by atoms with Crippen molar-refractivity contribution in [3.8, 4) is 11.5 Å². The second-order valence-corrected chi connectivity index (χ2v) is 7.89. The summed E-state index contributed by atoms with van der Waals surface area (Å²) < 4.78 is 5.36. The Morgan fingerprint density at radius 2 is 1.88 bits per heavy atom. The molecule has 0 bridgehead atoms. The largest absolute Gasteiger partial charge is 0.339 e. The van der Waals surface area contributed by atoms with E-state index in [-0.39, 0.29) is 11.3 Å². The van der Waals surface area contributed by atoms with Crippen LogP contribution < -0.4 is 4.90 Å². The van der Waals surface area contributed by atoms with E-state index in [2.05, 4.69) is 30.9 Å². The van der Waals surface area contributed by atoms with Gasteiger partial charge < -0.3 is 14.3 Å². The molecule has 1 saturated heterocycles. The van der Waals surface area contributed by atoms with Crippen LogP contribution in [0.2, 0.25) is 5.02 Å². The van der Waals surface area contributed by atoms with Crippen LogP contribution in [0, 0.1) is 5.41 Å². The second kappa shape index (κ2) is 7.04. The Kier molecular flexibility index (Phi) is 4.99. The number of hydrogen-bond acceptors (Lipinski definition) is 5. The highest BCUT2D eigenvalue weighted by Gasteiger charge is 2.26. The van der Waals surface area contributed by atoms with Gasteiger partial charge in [0.15, 0.2) is 0 Å². The van der Waals surface area contributed by atoms with Crippen molar-refractivity contribution in [2.24, 2.45) is 5.41 Å². The van der Waals surface area contributed by atoms with Crippen LogP contribution in [-0.2, 0) is 4.79 Å². The minimum absolute atomic E-state index is 0.00569. The molecular weight excluding hydrogens is 340 g/mol. The molecule has 1 aromatic heterocycles. The highest BCUT2D eigenvalue weighted by Crippen LogP contribution is 2.28. The molecule has 0 atom stereocenters. The molecule has 134 valence electrons. The molecule has 1 fully saturated rings. The fraction of sp³-hybridized carbons (Fsp3) is 0.500. The van der Waals surface area contributed by atoms with Gasteiger partial charge in [0.1, 0.15) is 0 Å². The fourth-order valence-corrected chi connectivity index (χ4v) is 3.03. The number of carbonyl (C=O) groups is 1. The molecule has 2 aromatic rings. The van der Waals surface area contributed by atoms with E-state index < -0.39 is 0 Å². The Labute approximate surface area is 152 Å². The number of benzene rings is 1. The van der Waals surface area contributed by atoms with E-state index in [0.29, 0.717) is 49.5 Å². The number of anilines is 1. The summed E-state index contributed by atoms with van der Waals surface area (Å²) in [5.41, 5.74) is 0.730. The van der Waals surface area contributed by atoms with Crippen molar-refractivity contribution in [3.05, 3.63) is 29.3 Å². The third kappa shape index (κ3) is 4.31. The van der Waals surface area contributed by atoms with Crippen molar-refractivity contribution in [1.29, 1.82) is 0 Å². The number of hydrogen-bond donors (Lipinski definition) is 0. The maximum atomic E-state index is 12.3. The van der Waals surface area contributed by atoms with Crippen LogP contribution in [0.25, 0.3) is 11.5 Å². The normalized spacial score (nSPS) is 15.5. The molecule has 3 rings (SSSR count). The average molecular weight is 363 g/mol. The molecule has 0 radical (unpaired) electrons. The second-order valence-electron chi connectivity index (χ2n) is 7.48. The molecule has 6 nitrogen and oxygen atoms in total. The van der Waals surface area contributed by atoms with Crippen LogP contribution in [0.3, 0.4) is 0 Å². The molecule has 2 heterocycles. The Morgan fingerprint density at radius 1 is 1.20 bits per heavy atom. The van der Waals surface area contributed by atoms with Crippen LogP contribution in [-0.4, -0.2) is 47.1 Å². The van der Waals surface area contributed by atoms with Crippen LogP contribution in [0.15, 0.2) is 28.8 Å². The van der Waals surface area contributed by atoms with Crippen LogP contribution in [0.4, 0.5) is 5.95 Å². The molecule has 0 saturated carbocycles. The highest BCUT2D eigenvalue weighted by molar-refractivity contribution is 6.33. The van der Waals surface area contributed by atoms with Gasteiger partial charge in [-0.05, 0) is 22.7 Å². The first kappa shape index (κ1) is 17.7. The monoisotopic (exact) mass is 362 g/mol. The molecule has 0 N–H and O–H groups in total. The number of aromatic nitrogens is 2. The van der Waals surface area contributed by atoms with Gasteiger partial charge in [-0.15, -0.1) is 0 Å².